The maximum absolute atomic E-state index is 12.2. The number of carbonyl (C=O) groups is 1. The molecule has 0 spiro atoms. The fraction of sp³-hybridized carbons (Fsp3) is 0.467. The Kier molecular flexibility index (Phi) is 4.90. The smallest absolute Gasteiger partial charge is 0.246 e. The van der Waals surface area contributed by atoms with Gasteiger partial charge in [-0.3, -0.25) is 4.79 Å². The minimum Gasteiger partial charge on any atom is -0.493 e. The molecule has 1 fully saturated rings. The van der Waals surface area contributed by atoms with Gasteiger partial charge in [0.15, 0.2) is 11.5 Å². The van der Waals surface area contributed by atoms with Gasteiger partial charge < -0.3 is 19.1 Å². The molecule has 1 aromatic heterocycles. The number of ether oxygens (including phenoxy) is 3. The van der Waals surface area contributed by atoms with Gasteiger partial charge in [-0.1, -0.05) is 0 Å². The molecular weight excluding hydrogens is 314 g/mol. The van der Waals surface area contributed by atoms with Gasteiger partial charge in [-0.2, -0.15) is 4.80 Å². The lowest BCUT2D eigenvalue weighted by atomic mass is 10.2. The number of carbonyl (C=O) groups excluding carboxylic acids is 1. The normalized spacial score (nSPS) is 14.5. The summed E-state index contributed by atoms with van der Waals surface area (Å²) in [5.41, 5.74) is 0.734. The molecule has 3 rings (SSSR count). The minimum atomic E-state index is -0.0467. The molecule has 0 bridgehead atoms. The fourth-order valence-corrected chi connectivity index (χ4v) is 2.43. The van der Waals surface area contributed by atoms with Crippen molar-refractivity contribution in [3.8, 4) is 22.9 Å². The predicted octanol–water partition coefficient (Wildman–Crippen LogP) is 0.216. The zero-order valence-electron chi connectivity index (χ0n) is 13.6. The maximum Gasteiger partial charge on any atom is 0.246 e. The van der Waals surface area contributed by atoms with Gasteiger partial charge in [0.05, 0.1) is 27.4 Å². The van der Waals surface area contributed by atoms with Crippen LogP contribution in [0.5, 0.6) is 11.5 Å². The Hall–Kier alpha value is -2.68. The van der Waals surface area contributed by atoms with Gasteiger partial charge in [-0.25, -0.2) is 0 Å². The second kappa shape index (κ2) is 7.26. The highest BCUT2D eigenvalue weighted by molar-refractivity contribution is 5.75. The third-order valence-corrected chi connectivity index (χ3v) is 3.74. The maximum atomic E-state index is 12.2. The van der Waals surface area contributed by atoms with Crippen molar-refractivity contribution in [2.45, 2.75) is 6.54 Å². The van der Waals surface area contributed by atoms with Crippen molar-refractivity contribution >= 4 is 5.91 Å². The van der Waals surface area contributed by atoms with Gasteiger partial charge in [0.1, 0.15) is 6.54 Å². The van der Waals surface area contributed by atoms with Crippen LogP contribution in [0, 0.1) is 0 Å². The average Bonchev–Trinajstić information content (AvgIpc) is 3.10. The van der Waals surface area contributed by atoms with Crippen LogP contribution in [0.25, 0.3) is 11.4 Å². The van der Waals surface area contributed by atoms with E-state index in [4.69, 9.17) is 14.2 Å². The fourth-order valence-electron chi connectivity index (χ4n) is 2.43. The zero-order chi connectivity index (χ0) is 16.9. The van der Waals surface area contributed by atoms with E-state index in [0.717, 1.165) is 5.56 Å². The summed E-state index contributed by atoms with van der Waals surface area (Å²) >= 11 is 0. The molecule has 0 atom stereocenters. The van der Waals surface area contributed by atoms with E-state index in [1.54, 1.807) is 31.3 Å². The lowest BCUT2D eigenvalue weighted by Crippen LogP contribution is -2.42. The first-order chi connectivity index (χ1) is 11.7. The van der Waals surface area contributed by atoms with Crippen LogP contribution in [0.3, 0.4) is 0 Å². The second-order valence-corrected chi connectivity index (χ2v) is 5.21. The van der Waals surface area contributed by atoms with Crippen molar-refractivity contribution < 1.29 is 19.0 Å². The topological polar surface area (TPSA) is 91.6 Å². The highest BCUT2D eigenvalue weighted by Crippen LogP contribution is 2.30. The van der Waals surface area contributed by atoms with Gasteiger partial charge >= 0.3 is 0 Å². The van der Waals surface area contributed by atoms with E-state index in [1.165, 1.54) is 4.80 Å². The zero-order valence-corrected chi connectivity index (χ0v) is 13.6. The molecule has 0 unspecified atom stereocenters. The molecule has 0 aliphatic carbocycles. The summed E-state index contributed by atoms with van der Waals surface area (Å²) in [6.07, 6.45) is 0. The van der Waals surface area contributed by atoms with Crippen LogP contribution in [0.1, 0.15) is 0 Å². The number of aromatic nitrogens is 4. The number of nitrogens with zero attached hydrogens (tertiary/aromatic N) is 5. The molecule has 0 N–H and O–H groups in total. The Morgan fingerprint density at radius 2 is 1.96 bits per heavy atom. The third kappa shape index (κ3) is 3.46. The quantitative estimate of drug-likeness (QED) is 0.772. The molecule has 0 saturated carbocycles. The molecule has 1 aliphatic rings. The van der Waals surface area contributed by atoms with E-state index in [1.807, 2.05) is 6.07 Å². The first-order valence-electron chi connectivity index (χ1n) is 7.57. The molecule has 128 valence electrons. The van der Waals surface area contributed by atoms with Crippen molar-refractivity contribution in [3.05, 3.63) is 18.2 Å². The van der Waals surface area contributed by atoms with E-state index in [0.29, 0.717) is 43.6 Å². The summed E-state index contributed by atoms with van der Waals surface area (Å²) in [6, 6.07) is 5.35. The van der Waals surface area contributed by atoms with Crippen LogP contribution in [0.15, 0.2) is 18.2 Å². The SMILES string of the molecule is COc1ccc(-c2nnn(CC(=O)N3CCOCC3)n2)cc1OC. The van der Waals surface area contributed by atoms with E-state index in [-0.39, 0.29) is 12.5 Å². The number of morpholine rings is 1. The highest BCUT2D eigenvalue weighted by Gasteiger charge is 2.18. The summed E-state index contributed by atoms with van der Waals surface area (Å²) < 4.78 is 15.7. The Labute approximate surface area is 139 Å². The monoisotopic (exact) mass is 333 g/mol. The number of rotatable bonds is 5. The molecule has 1 aromatic carbocycles. The summed E-state index contributed by atoms with van der Waals surface area (Å²) in [7, 11) is 3.14. The van der Waals surface area contributed by atoms with Crippen molar-refractivity contribution in [1.29, 1.82) is 0 Å². The number of amides is 1. The Balaban J connectivity index is 1.72. The van der Waals surface area contributed by atoms with E-state index in [2.05, 4.69) is 15.4 Å². The lowest BCUT2D eigenvalue weighted by molar-refractivity contribution is -0.136. The van der Waals surface area contributed by atoms with Gasteiger partial charge in [-0.15, -0.1) is 10.2 Å². The van der Waals surface area contributed by atoms with Crippen LogP contribution in [-0.2, 0) is 16.1 Å². The number of hydrogen-bond donors (Lipinski definition) is 0. The second-order valence-electron chi connectivity index (χ2n) is 5.21. The van der Waals surface area contributed by atoms with Crippen molar-refractivity contribution in [2.75, 3.05) is 40.5 Å². The number of hydrogen-bond acceptors (Lipinski definition) is 7. The molecule has 9 nitrogen and oxygen atoms in total. The number of methoxy groups -OCH3 is 2. The molecule has 24 heavy (non-hydrogen) atoms. The van der Waals surface area contributed by atoms with Crippen molar-refractivity contribution in [3.63, 3.8) is 0 Å². The van der Waals surface area contributed by atoms with Gasteiger partial charge in [0, 0.05) is 18.7 Å². The first-order valence-corrected chi connectivity index (χ1v) is 7.57. The van der Waals surface area contributed by atoms with Crippen LogP contribution in [-0.4, -0.2) is 71.5 Å². The Morgan fingerprint density at radius 1 is 1.21 bits per heavy atom. The molecule has 2 heterocycles. The van der Waals surface area contributed by atoms with Crippen LogP contribution in [0.2, 0.25) is 0 Å². The third-order valence-electron chi connectivity index (χ3n) is 3.74. The molecule has 1 amide bonds. The Morgan fingerprint density at radius 3 is 2.67 bits per heavy atom. The molecule has 9 heteroatoms. The van der Waals surface area contributed by atoms with E-state index in [9.17, 15) is 4.79 Å². The predicted molar refractivity (Wildman–Crippen MR) is 83.8 cm³/mol. The molecule has 1 saturated heterocycles. The highest BCUT2D eigenvalue weighted by atomic mass is 16.5. The van der Waals surface area contributed by atoms with Gasteiger partial charge in [0.2, 0.25) is 11.7 Å². The first kappa shape index (κ1) is 16.2. The average molecular weight is 333 g/mol. The van der Waals surface area contributed by atoms with E-state index >= 15 is 0 Å². The standard InChI is InChI=1S/C15H19N5O4/c1-22-12-4-3-11(9-13(12)23-2)15-16-18-20(17-15)10-14(21)19-5-7-24-8-6-19/h3-4,9H,5-8,10H2,1-2H3. The molecule has 2 aromatic rings. The Bertz CT molecular complexity index is 712. The number of benzene rings is 1. The van der Waals surface area contributed by atoms with Crippen molar-refractivity contribution in [1.82, 2.24) is 25.1 Å². The van der Waals surface area contributed by atoms with Gasteiger partial charge in [-0.05, 0) is 23.4 Å². The van der Waals surface area contributed by atoms with Gasteiger partial charge in [0.25, 0.3) is 0 Å². The largest absolute Gasteiger partial charge is 0.493 e. The summed E-state index contributed by atoms with van der Waals surface area (Å²) in [5, 5.41) is 12.2. The lowest BCUT2D eigenvalue weighted by Gasteiger charge is -2.26. The minimum absolute atomic E-state index is 0.0467. The van der Waals surface area contributed by atoms with Crippen molar-refractivity contribution in [2.24, 2.45) is 0 Å². The molecule has 1 aliphatic heterocycles. The van der Waals surface area contributed by atoms with E-state index < -0.39 is 0 Å². The van der Waals surface area contributed by atoms with Crippen LogP contribution in [0.4, 0.5) is 0 Å². The molecule has 0 radical (unpaired) electrons. The van der Waals surface area contributed by atoms with Crippen LogP contribution >= 0.6 is 0 Å². The summed E-state index contributed by atoms with van der Waals surface area (Å²) in [6.45, 7) is 2.37. The number of tetrazole rings is 1. The molecular formula is C15H19N5O4. The summed E-state index contributed by atoms with van der Waals surface area (Å²) in [5.74, 6) is 1.58. The van der Waals surface area contributed by atoms with Crippen LogP contribution < -0.4 is 9.47 Å². The summed E-state index contributed by atoms with van der Waals surface area (Å²) in [4.78, 5) is 15.2.